The third-order valence-electron chi connectivity index (χ3n) is 4.27. The molecule has 2 rings (SSSR count). The van der Waals surface area contributed by atoms with Crippen molar-refractivity contribution in [1.82, 2.24) is 14.7 Å². The summed E-state index contributed by atoms with van der Waals surface area (Å²) >= 11 is 6.16. The third-order valence-corrected chi connectivity index (χ3v) is 4.64. The van der Waals surface area contributed by atoms with Crippen LogP contribution in [0.1, 0.15) is 39.2 Å². The molecule has 1 aromatic heterocycles. The van der Waals surface area contributed by atoms with Crippen LogP contribution in [0, 0.1) is 0 Å². The summed E-state index contributed by atoms with van der Waals surface area (Å²) in [6.07, 6.45) is 5.23. The molecule has 1 aliphatic rings. The quantitative estimate of drug-likeness (QED) is 0.907. The lowest BCUT2D eigenvalue weighted by atomic mass is 9.75. The summed E-state index contributed by atoms with van der Waals surface area (Å²) in [6.45, 7) is 4.60. The van der Waals surface area contributed by atoms with Gasteiger partial charge in [0.1, 0.15) is 5.02 Å². The van der Waals surface area contributed by atoms with Crippen molar-refractivity contribution in [3.05, 3.63) is 21.6 Å². The highest BCUT2D eigenvalue weighted by atomic mass is 35.5. The molecule has 0 saturated heterocycles. The van der Waals surface area contributed by atoms with E-state index in [1.54, 1.807) is 6.20 Å². The Morgan fingerprint density at radius 2 is 2.15 bits per heavy atom. The van der Waals surface area contributed by atoms with Crippen LogP contribution in [-0.4, -0.2) is 40.9 Å². The van der Waals surface area contributed by atoms with Gasteiger partial charge in [0.15, 0.2) is 0 Å². The average molecular weight is 299 g/mol. The van der Waals surface area contributed by atoms with Crippen LogP contribution >= 0.6 is 11.6 Å². The zero-order chi connectivity index (χ0) is 14.9. The first-order chi connectivity index (χ1) is 9.37. The van der Waals surface area contributed by atoms with Gasteiger partial charge in [-0.2, -0.15) is 5.10 Å². The maximum atomic E-state index is 12.1. The zero-order valence-corrected chi connectivity index (χ0v) is 13.4. The van der Waals surface area contributed by atoms with E-state index in [1.165, 1.54) is 23.9 Å². The highest BCUT2D eigenvalue weighted by molar-refractivity contribution is 6.32. The van der Waals surface area contributed by atoms with Crippen LogP contribution in [0.15, 0.2) is 11.0 Å². The van der Waals surface area contributed by atoms with Gasteiger partial charge in [-0.3, -0.25) is 4.79 Å². The number of nitrogens with one attached hydrogen (secondary N) is 1. The molecule has 112 valence electrons. The van der Waals surface area contributed by atoms with Crippen molar-refractivity contribution >= 4 is 17.3 Å². The molecular weight excluding hydrogens is 276 g/mol. The van der Waals surface area contributed by atoms with Gasteiger partial charge in [-0.25, -0.2) is 4.68 Å². The summed E-state index contributed by atoms with van der Waals surface area (Å²) in [6, 6.07) is 0.00815. The van der Waals surface area contributed by atoms with E-state index in [-0.39, 0.29) is 22.2 Å². The molecule has 0 unspecified atom stereocenters. The maximum absolute atomic E-state index is 12.1. The molecule has 1 fully saturated rings. The molecule has 20 heavy (non-hydrogen) atoms. The number of hydrogen-bond donors (Lipinski definition) is 1. The second-order valence-electron chi connectivity index (χ2n) is 6.04. The lowest BCUT2D eigenvalue weighted by molar-refractivity contribution is 0.0739. The smallest absolute Gasteiger partial charge is 0.287 e. The number of anilines is 1. The second-order valence-corrected chi connectivity index (χ2v) is 6.42. The molecule has 1 saturated carbocycles. The number of nitrogens with zero attached hydrogens (tertiary/aromatic N) is 3. The van der Waals surface area contributed by atoms with Gasteiger partial charge in [0, 0.05) is 12.1 Å². The standard InChI is InChI=1S/C14H23ClN4O/c1-10(2)19-13(20)12(15)11(8-17-19)16-9-14(18(3)4)6-5-7-14/h8,10,16H,5-7,9H2,1-4H3. The lowest BCUT2D eigenvalue weighted by Gasteiger charge is -2.47. The summed E-state index contributed by atoms with van der Waals surface area (Å²) in [5.41, 5.74) is 0.567. The molecule has 0 radical (unpaired) electrons. The largest absolute Gasteiger partial charge is 0.381 e. The third kappa shape index (κ3) is 2.69. The monoisotopic (exact) mass is 298 g/mol. The molecule has 1 heterocycles. The van der Waals surface area contributed by atoms with Gasteiger partial charge in [-0.15, -0.1) is 0 Å². The molecule has 6 heteroatoms. The zero-order valence-electron chi connectivity index (χ0n) is 12.6. The van der Waals surface area contributed by atoms with Crippen molar-refractivity contribution in [2.24, 2.45) is 0 Å². The van der Waals surface area contributed by atoms with Crippen LogP contribution in [0.25, 0.3) is 0 Å². The van der Waals surface area contributed by atoms with Crippen LogP contribution in [0.2, 0.25) is 5.02 Å². The van der Waals surface area contributed by atoms with Crippen LogP contribution < -0.4 is 10.9 Å². The minimum Gasteiger partial charge on any atom is -0.381 e. The molecule has 0 bridgehead atoms. The van der Waals surface area contributed by atoms with Gasteiger partial charge in [-0.05, 0) is 47.2 Å². The van der Waals surface area contributed by atoms with Crippen LogP contribution in [0.5, 0.6) is 0 Å². The van der Waals surface area contributed by atoms with Crippen molar-refractivity contribution in [1.29, 1.82) is 0 Å². The number of aromatic nitrogens is 2. The maximum Gasteiger partial charge on any atom is 0.287 e. The molecule has 1 aliphatic carbocycles. The van der Waals surface area contributed by atoms with E-state index < -0.39 is 0 Å². The van der Waals surface area contributed by atoms with Crippen molar-refractivity contribution in [3.63, 3.8) is 0 Å². The van der Waals surface area contributed by atoms with Crippen LogP contribution in [0.3, 0.4) is 0 Å². The van der Waals surface area contributed by atoms with Gasteiger partial charge < -0.3 is 10.2 Å². The van der Waals surface area contributed by atoms with E-state index in [0.29, 0.717) is 5.69 Å². The molecular formula is C14H23ClN4O. The Bertz CT molecular complexity index is 534. The van der Waals surface area contributed by atoms with Crippen LogP contribution in [-0.2, 0) is 0 Å². The minimum absolute atomic E-state index is 0.00815. The Morgan fingerprint density at radius 1 is 1.50 bits per heavy atom. The molecule has 5 nitrogen and oxygen atoms in total. The molecule has 1 aromatic rings. The van der Waals surface area contributed by atoms with Gasteiger partial charge in [-0.1, -0.05) is 11.6 Å². The predicted molar refractivity (Wildman–Crippen MR) is 82.7 cm³/mol. The molecule has 0 atom stereocenters. The average Bonchev–Trinajstić information content (AvgIpc) is 2.32. The minimum atomic E-state index is -0.237. The first-order valence-electron chi connectivity index (χ1n) is 7.06. The van der Waals surface area contributed by atoms with Crippen molar-refractivity contribution < 1.29 is 0 Å². The first-order valence-corrected chi connectivity index (χ1v) is 7.44. The highest BCUT2D eigenvalue weighted by Gasteiger charge is 2.38. The Morgan fingerprint density at radius 3 is 2.60 bits per heavy atom. The molecule has 0 aromatic carbocycles. The van der Waals surface area contributed by atoms with Crippen molar-refractivity contribution in [3.8, 4) is 0 Å². The van der Waals surface area contributed by atoms with Crippen molar-refractivity contribution in [2.45, 2.75) is 44.7 Å². The summed E-state index contributed by atoms with van der Waals surface area (Å²) in [4.78, 5) is 14.3. The number of rotatable bonds is 5. The van der Waals surface area contributed by atoms with Gasteiger partial charge in [0.2, 0.25) is 0 Å². The molecule has 0 aliphatic heterocycles. The molecule has 1 N–H and O–H groups in total. The number of halogens is 1. The summed E-state index contributed by atoms with van der Waals surface area (Å²) in [7, 11) is 4.19. The van der Waals surface area contributed by atoms with Gasteiger partial charge in [0.05, 0.1) is 17.9 Å². The van der Waals surface area contributed by atoms with Gasteiger partial charge >= 0.3 is 0 Å². The second kappa shape index (κ2) is 5.74. The van der Waals surface area contributed by atoms with Gasteiger partial charge in [0.25, 0.3) is 5.56 Å². The van der Waals surface area contributed by atoms with E-state index in [9.17, 15) is 4.79 Å². The van der Waals surface area contributed by atoms with Crippen LogP contribution in [0.4, 0.5) is 5.69 Å². The fourth-order valence-corrected chi connectivity index (χ4v) is 2.76. The summed E-state index contributed by atoms with van der Waals surface area (Å²) < 4.78 is 1.40. The lowest BCUT2D eigenvalue weighted by Crippen LogP contribution is -2.54. The van der Waals surface area contributed by atoms with E-state index >= 15 is 0 Å². The number of hydrogen-bond acceptors (Lipinski definition) is 4. The summed E-state index contributed by atoms with van der Waals surface area (Å²) in [5, 5.41) is 7.69. The number of likely N-dealkylation sites (N-methyl/N-ethyl adjacent to an activating group) is 1. The SMILES string of the molecule is CC(C)n1ncc(NCC2(N(C)C)CCC2)c(Cl)c1=O. The predicted octanol–water partition coefficient (Wildman–Crippen LogP) is 2.37. The topological polar surface area (TPSA) is 50.2 Å². The highest BCUT2D eigenvalue weighted by Crippen LogP contribution is 2.36. The fraction of sp³-hybridized carbons (Fsp3) is 0.714. The Kier molecular flexibility index (Phi) is 4.39. The summed E-state index contributed by atoms with van der Waals surface area (Å²) in [5.74, 6) is 0. The normalized spacial score (nSPS) is 17.4. The Balaban J connectivity index is 2.15. The molecule has 0 spiro atoms. The van der Waals surface area contributed by atoms with E-state index in [0.717, 1.165) is 6.54 Å². The Labute approximate surface area is 124 Å². The van der Waals surface area contributed by atoms with E-state index in [1.807, 2.05) is 13.8 Å². The van der Waals surface area contributed by atoms with E-state index in [2.05, 4.69) is 29.4 Å². The van der Waals surface area contributed by atoms with E-state index in [4.69, 9.17) is 11.6 Å². The first kappa shape index (κ1) is 15.3. The Hall–Kier alpha value is -1.07. The van der Waals surface area contributed by atoms with Crippen molar-refractivity contribution in [2.75, 3.05) is 26.0 Å². The molecule has 0 amide bonds. The fourth-order valence-electron chi connectivity index (χ4n) is 2.56.